The maximum Gasteiger partial charge on any atom is 0.240 e. The molecule has 0 spiro atoms. The summed E-state index contributed by atoms with van der Waals surface area (Å²) < 4.78 is -1.67. The van der Waals surface area contributed by atoms with E-state index in [4.69, 9.17) is 46.4 Å². The molecule has 2 nitrogen and oxygen atoms in total. The van der Waals surface area contributed by atoms with Gasteiger partial charge in [0.2, 0.25) is 9.87 Å². The van der Waals surface area contributed by atoms with E-state index in [0.29, 0.717) is 5.02 Å². The minimum atomic E-state index is -1.67. The van der Waals surface area contributed by atoms with Crippen molar-refractivity contribution in [2.45, 2.75) is 3.79 Å². The maximum atomic E-state index is 10.1. The lowest BCUT2D eigenvalue weighted by Crippen LogP contribution is -2.00. The smallest absolute Gasteiger partial charge is 0.211 e. The molecular weight excluding hydrogens is 268 g/mol. The summed E-state index contributed by atoms with van der Waals surface area (Å²) in [7, 11) is 0. The Bertz CT molecular complexity index is 393. The van der Waals surface area contributed by atoms with Crippen LogP contribution in [0.4, 0.5) is 5.69 Å². The van der Waals surface area contributed by atoms with E-state index in [1.54, 1.807) is 0 Å². The number of benzene rings is 1. The minimum Gasteiger partial charge on any atom is -0.211 e. The molecule has 0 aliphatic rings. The number of nitrogens with zero attached hydrogens (tertiary/aromatic N) is 1. The third kappa shape index (κ3) is 2.88. The first-order chi connectivity index (χ1) is 6.45. The number of hydrogen-bond acceptors (Lipinski definition) is 2. The number of isocyanates is 1. The van der Waals surface area contributed by atoms with E-state index in [0.717, 1.165) is 0 Å². The Kier molecular flexibility index (Phi) is 3.82. The molecule has 0 radical (unpaired) electrons. The third-order valence-corrected chi connectivity index (χ3v) is 2.28. The minimum absolute atomic E-state index is 0.240. The first kappa shape index (κ1) is 11.8. The summed E-state index contributed by atoms with van der Waals surface area (Å²) in [6.45, 7) is 0. The van der Waals surface area contributed by atoms with Gasteiger partial charge in [0.15, 0.2) is 0 Å². The molecular formula is C8H3Cl4NO. The molecule has 0 aromatic heterocycles. The van der Waals surface area contributed by atoms with Crippen LogP contribution in [0.5, 0.6) is 0 Å². The van der Waals surface area contributed by atoms with Crippen molar-refractivity contribution in [3.63, 3.8) is 0 Å². The van der Waals surface area contributed by atoms with Crippen LogP contribution >= 0.6 is 46.4 Å². The van der Waals surface area contributed by atoms with Crippen molar-refractivity contribution in [3.8, 4) is 0 Å². The monoisotopic (exact) mass is 269 g/mol. The van der Waals surface area contributed by atoms with Gasteiger partial charge in [0.25, 0.3) is 0 Å². The van der Waals surface area contributed by atoms with Crippen LogP contribution < -0.4 is 0 Å². The van der Waals surface area contributed by atoms with Crippen molar-refractivity contribution in [3.05, 3.63) is 28.8 Å². The quantitative estimate of drug-likeness (QED) is 0.429. The molecule has 0 aliphatic carbocycles. The van der Waals surface area contributed by atoms with E-state index in [-0.39, 0.29) is 11.3 Å². The molecule has 0 N–H and O–H groups in total. The molecule has 0 aliphatic heterocycles. The predicted octanol–water partition coefficient (Wildman–Crippen LogP) is 4.13. The highest BCUT2D eigenvalue weighted by Gasteiger charge is 2.26. The molecule has 0 heterocycles. The number of carbonyl (C=O) groups excluding carboxylic acids is 1. The van der Waals surface area contributed by atoms with Crippen LogP contribution in [0.3, 0.4) is 0 Å². The van der Waals surface area contributed by atoms with Gasteiger partial charge in [-0.3, -0.25) is 0 Å². The Labute approximate surface area is 100 Å². The molecule has 6 heteroatoms. The fourth-order valence-corrected chi connectivity index (χ4v) is 1.51. The summed E-state index contributed by atoms with van der Waals surface area (Å²) in [4.78, 5) is 13.5. The normalized spacial score (nSPS) is 10.9. The molecule has 0 saturated carbocycles. The second-order valence-electron chi connectivity index (χ2n) is 2.36. The van der Waals surface area contributed by atoms with Gasteiger partial charge in [-0.25, -0.2) is 4.79 Å². The van der Waals surface area contributed by atoms with Gasteiger partial charge in [-0.1, -0.05) is 46.4 Å². The van der Waals surface area contributed by atoms with Gasteiger partial charge in [-0.2, -0.15) is 4.99 Å². The largest absolute Gasteiger partial charge is 0.240 e. The SMILES string of the molecule is O=C=Nc1ccc(Cl)cc1C(Cl)(Cl)Cl. The topological polar surface area (TPSA) is 29.4 Å². The van der Waals surface area contributed by atoms with Crippen molar-refractivity contribution in [1.29, 1.82) is 0 Å². The van der Waals surface area contributed by atoms with E-state index < -0.39 is 3.79 Å². The maximum absolute atomic E-state index is 10.1. The molecule has 0 atom stereocenters. The molecule has 1 aromatic carbocycles. The zero-order chi connectivity index (χ0) is 10.8. The van der Waals surface area contributed by atoms with Crippen molar-refractivity contribution in [2.24, 2.45) is 4.99 Å². The van der Waals surface area contributed by atoms with Crippen LogP contribution in [0, 0.1) is 0 Å². The van der Waals surface area contributed by atoms with Crippen LogP contribution in [0.15, 0.2) is 23.2 Å². The van der Waals surface area contributed by atoms with Crippen molar-refractivity contribution < 1.29 is 4.79 Å². The average molecular weight is 271 g/mol. The van der Waals surface area contributed by atoms with Crippen LogP contribution in [0.1, 0.15) is 5.56 Å². The van der Waals surface area contributed by atoms with E-state index in [1.807, 2.05) is 0 Å². The van der Waals surface area contributed by atoms with E-state index in [9.17, 15) is 4.79 Å². The Morgan fingerprint density at radius 2 is 1.93 bits per heavy atom. The average Bonchev–Trinajstić information content (AvgIpc) is 2.07. The molecule has 74 valence electrons. The third-order valence-electron chi connectivity index (χ3n) is 1.43. The lowest BCUT2D eigenvalue weighted by Gasteiger charge is -2.13. The summed E-state index contributed by atoms with van der Waals surface area (Å²) in [5.41, 5.74) is 0.489. The highest BCUT2D eigenvalue weighted by Crippen LogP contribution is 2.43. The first-order valence-corrected chi connectivity index (χ1v) is 4.91. The summed E-state index contributed by atoms with van der Waals surface area (Å²) in [6.07, 6.45) is 1.37. The fourth-order valence-electron chi connectivity index (χ4n) is 0.882. The van der Waals surface area contributed by atoms with E-state index >= 15 is 0 Å². The Morgan fingerprint density at radius 3 is 2.43 bits per heavy atom. The molecule has 0 saturated heterocycles. The van der Waals surface area contributed by atoms with E-state index in [2.05, 4.69) is 4.99 Å². The molecule has 0 unspecified atom stereocenters. The standard InChI is InChI=1S/C8H3Cl4NO/c9-5-1-2-7(13-4-14)6(3-5)8(10,11)12/h1-3H. The molecule has 0 fully saturated rings. The number of aliphatic imine (C=N–C) groups is 1. The molecule has 1 aromatic rings. The zero-order valence-corrected chi connectivity index (χ0v) is 9.62. The van der Waals surface area contributed by atoms with Gasteiger partial charge in [-0.15, -0.1) is 0 Å². The second kappa shape index (κ2) is 4.52. The van der Waals surface area contributed by atoms with Crippen molar-refractivity contribution in [2.75, 3.05) is 0 Å². The summed E-state index contributed by atoms with van der Waals surface area (Å²) >= 11 is 22.7. The van der Waals surface area contributed by atoms with Gasteiger partial charge in [0.05, 0.1) is 5.69 Å². The summed E-state index contributed by atoms with van der Waals surface area (Å²) in [6, 6.07) is 4.45. The number of hydrogen-bond donors (Lipinski definition) is 0. The fraction of sp³-hybridized carbons (Fsp3) is 0.125. The lowest BCUT2D eigenvalue weighted by atomic mass is 10.2. The van der Waals surface area contributed by atoms with Crippen LogP contribution in [-0.4, -0.2) is 6.08 Å². The zero-order valence-electron chi connectivity index (χ0n) is 6.60. The van der Waals surface area contributed by atoms with Gasteiger partial charge >= 0.3 is 0 Å². The Hall–Kier alpha value is -0.240. The number of halogens is 4. The Balaban J connectivity index is 3.37. The van der Waals surface area contributed by atoms with Gasteiger partial charge < -0.3 is 0 Å². The van der Waals surface area contributed by atoms with Crippen molar-refractivity contribution >= 4 is 58.2 Å². The first-order valence-electron chi connectivity index (χ1n) is 3.40. The highest BCUT2D eigenvalue weighted by atomic mass is 35.6. The lowest BCUT2D eigenvalue weighted by molar-refractivity contribution is 0.565. The van der Waals surface area contributed by atoms with Crippen molar-refractivity contribution in [1.82, 2.24) is 0 Å². The number of alkyl halides is 3. The molecule has 14 heavy (non-hydrogen) atoms. The van der Waals surface area contributed by atoms with Crippen LogP contribution in [0.2, 0.25) is 5.02 Å². The molecule has 0 amide bonds. The number of rotatable bonds is 1. The van der Waals surface area contributed by atoms with Gasteiger partial charge in [-0.05, 0) is 18.2 Å². The van der Waals surface area contributed by atoms with Gasteiger partial charge in [0.1, 0.15) is 0 Å². The summed E-state index contributed by atoms with van der Waals surface area (Å²) in [5.74, 6) is 0. The Morgan fingerprint density at radius 1 is 1.29 bits per heavy atom. The second-order valence-corrected chi connectivity index (χ2v) is 5.08. The highest BCUT2D eigenvalue weighted by molar-refractivity contribution is 6.67. The van der Waals surface area contributed by atoms with Crippen LogP contribution in [0.25, 0.3) is 0 Å². The van der Waals surface area contributed by atoms with Crippen LogP contribution in [-0.2, 0) is 8.59 Å². The van der Waals surface area contributed by atoms with E-state index in [1.165, 1.54) is 24.3 Å². The molecule has 1 rings (SSSR count). The van der Waals surface area contributed by atoms with Gasteiger partial charge in [0, 0.05) is 10.6 Å². The summed E-state index contributed by atoms with van der Waals surface area (Å²) in [5, 5.41) is 0.399. The molecule has 0 bridgehead atoms. The predicted molar refractivity (Wildman–Crippen MR) is 58.5 cm³/mol.